The molecule has 1 aromatic rings. The first-order valence-electron chi connectivity index (χ1n) is 7.65. The van der Waals surface area contributed by atoms with Crippen LogP contribution in [-0.4, -0.2) is 32.4 Å². The Kier molecular flexibility index (Phi) is 5.28. The third-order valence-electron chi connectivity index (χ3n) is 4.47. The Morgan fingerprint density at radius 2 is 1.95 bits per heavy atom. The SMILES string of the molecule is Clc1cccc(OC(C2CCOCC2)C2CCNC2)c1Cl. The molecular formula is C16H21Cl2NO2. The number of hydrogen-bond donors (Lipinski definition) is 1. The summed E-state index contributed by atoms with van der Waals surface area (Å²) in [6.45, 7) is 3.74. The predicted molar refractivity (Wildman–Crippen MR) is 85.4 cm³/mol. The van der Waals surface area contributed by atoms with E-state index in [0.29, 0.717) is 27.6 Å². The highest BCUT2D eigenvalue weighted by molar-refractivity contribution is 6.42. The van der Waals surface area contributed by atoms with Crippen LogP contribution < -0.4 is 10.1 Å². The molecule has 3 rings (SSSR count). The van der Waals surface area contributed by atoms with Crippen molar-refractivity contribution in [1.29, 1.82) is 0 Å². The van der Waals surface area contributed by atoms with E-state index in [0.717, 1.165) is 45.6 Å². The Labute approximate surface area is 135 Å². The van der Waals surface area contributed by atoms with Gasteiger partial charge < -0.3 is 14.8 Å². The molecule has 0 amide bonds. The summed E-state index contributed by atoms with van der Waals surface area (Å²) in [6, 6.07) is 5.58. The lowest BCUT2D eigenvalue weighted by atomic mass is 9.85. The summed E-state index contributed by atoms with van der Waals surface area (Å²) in [6.07, 6.45) is 3.44. The number of nitrogens with one attached hydrogen (secondary N) is 1. The number of ether oxygens (including phenoxy) is 2. The van der Waals surface area contributed by atoms with E-state index in [1.54, 1.807) is 6.07 Å². The van der Waals surface area contributed by atoms with Gasteiger partial charge in [0.25, 0.3) is 0 Å². The first-order chi connectivity index (χ1) is 10.3. The van der Waals surface area contributed by atoms with Crippen molar-refractivity contribution in [2.24, 2.45) is 11.8 Å². The van der Waals surface area contributed by atoms with E-state index in [2.05, 4.69) is 5.32 Å². The lowest BCUT2D eigenvalue weighted by molar-refractivity contribution is -0.00129. The van der Waals surface area contributed by atoms with Crippen molar-refractivity contribution in [3.63, 3.8) is 0 Å². The summed E-state index contributed by atoms with van der Waals surface area (Å²) in [5.74, 6) is 1.76. The Morgan fingerprint density at radius 1 is 1.14 bits per heavy atom. The van der Waals surface area contributed by atoms with Gasteiger partial charge in [-0.3, -0.25) is 0 Å². The van der Waals surface area contributed by atoms with Gasteiger partial charge in [-0.05, 0) is 37.9 Å². The average molecular weight is 330 g/mol. The minimum Gasteiger partial charge on any atom is -0.488 e. The smallest absolute Gasteiger partial charge is 0.139 e. The molecule has 0 saturated carbocycles. The van der Waals surface area contributed by atoms with Crippen LogP contribution in [-0.2, 0) is 4.74 Å². The largest absolute Gasteiger partial charge is 0.488 e. The molecule has 2 aliphatic rings. The van der Waals surface area contributed by atoms with Gasteiger partial charge in [-0.2, -0.15) is 0 Å². The van der Waals surface area contributed by atoms with Gasteiger partial charge in [-0.15, -0.1) is 0 Å². The molecule has 0 aliphatic carbocycles. The highest BCUT2D eigenvalue weighted by Crippen LogP contribution is 2.36. The second kappa shape index (κ2) is 7.19. The standard InChI is InChI=1S/C16H21Cl2NO2/c17-13-2-1-3-14(15(13)18)21-16(12-4-7-19-10-12)11-5-8-20-9-6-11/h1-3,11-12,16,19H,4-10H2. The molecule has 0 bridgehead atoms. The van der Waals surface area contributed by atoms with Gasteiger partial charge in [0.2, 0.25) is 0 Å². The molecule has 2 aliphatic heterocycles. The predicted octanol–water partition coefficient (Wildman–Crippen LogP) is 3.78. The molecule has 5 heteroatoms. The Morgan fingerprint density at radius 3 is 2.67 bits per heavy atom. The summed E-state index contributed by atoms with van der Waals surface area (Å²) >= 11 is 12.4. The second-order valence-electron chi connectivity index (χ2n) is 5.84. The van der Waals surface area contributed by atoms with Gasteiger partial charge in [-0.1, -0.05) is 29.3 Å². The molecule has 2 fully saturated rings. The summed E-state index contributed by atoms with van der Waals surface area (Å²) in [5, 5.41) is 4.50. The maximum atomic E-state index is 6.34. The molecule has 1 N–H and O–H groups in total. The number of halogens is 2. The van der Waals surface area contributed by atoms with Crippen molar-refractivity contribution in [1.82, 2.24) is 5.32 Å². The van der Waals surface area contributed by atoms with Crippen LogP contribution in [0.5, 0.6) is 5.75 Å². The first kappa shape index (κ1) is 15.4. The summed E-state index contributed by atoms with van der Waals surface area (Å²) in [5.41, 5.74) is 0. The first-order valence-corrected chi connectivity index (χ1v) is 8.40. The summed E-state index contributed by atoms with van der Waals surface area (Å²) < 4.78 is 11.8. The molecule has 3 nitrogen and oxygen atoms in total. The highest BCUT2D eigenvalue weighted by Gasteiger charge is 2.34. The van der Waals surface area contributed by atoms with Crippen molar-refractivity contribution < 1.29 is 9.47 Å². The van der Waals surface area contributed by atoms with E-state index >= 15 is 0 Å². The molecule has 116 valence electrons. The van der Waals surface area contributed by atoms with Crippen LogP contribution in [0.3, 0.4) is 0 Å². The zero-order chi connectivity index (χ0) is 14.7. The molecule has 0 spiro atoms. The quantitative estimate of drug-likeness (QED) is 0.911. The Bertz CT molecular complexity index is 471. The Hall–Kier alpha value is -0.480. The molecule has 1 aromatic carbocycles. The molecule has 2 saturated heterocycles. The van der Waals surface area contributed by atoms with Crippen LogP contribution in [0.25, 0.3) is 0 Å². The van der Waals surface area contributed by atoms with Crippen molar-refractivity contribution in [3.05, 3.63) is 28.2 Å². The maximum absolute atomic E-state index is 6.34. The average Bonchev–Trinajstić information content (AvgIpc) is 3.04. The second-order valence-corrected chi connectivity index (χ2v) is 6.62. The number of hydrogen-bond acceptors (Lipinski definition) is 3. The number of rotatable bonds is 4. The lowest BCUT2D eigenvalue weighted by Gasteiger charge is -2.34. The fourth-order valence-electron chi connectivity index (χ4n) is 3.30. The zero-order valence-electron chi connectivity index (χ0n) is 12.0. The lowest BCUT2D eigenvalue weighted by Crippen LogP contribution is -2.39. The van der Waals surface area contributed by atoms with Crippen LogP contribution in [0.2, 0.25) is 10.0 Å². The van der Waals surface area contributed by atoms with E-state index in [1.807, 2.05) is 12.1 Å². The monoisotopic (exact) mass is 329 g/mol. The third-order valence-corrected chi connectivity index (χ3v) is 5.27. The van der Waals surface area contributed by atoms with Gasteiger partial charge in [0.1, 0.15) is 16.9 Å². The third kappa shape index (κ3) is 3.65. The van der Waals surface area contributed by atoms with Crippen molar-refractivity contribution in [2.75, 3.05) is 26.3 Å². The van der Waals surface area contributed by atoms with Crippen LogP contribution in [0.1, 0.15) is 19.3 Å². The number of benzene rings is 1. The highest BCUT2D eigenvalue weighted by atomic mass is 35.5. The van der Waals surface area contributed by atoms with Crippen molar-refractivity contribution >= 4 is 23.2 Å². The van der Waals surface area contributed by atoms with Crippen LogP contribution in [0.4, 0.5) is 0 Å². The maximum Gasteiger partial charge on any atom is 0.139 e. The zero-order valence-corrected chi connectivity index (χ0v) is 13.5. The van der Waals surface area contributed by atoms with Gasteiger partial charge in [0, 0.05) is 31.6 Å². The molecule has 0 aromatic heterocycles. The summed E-state index contributed by atoms with van der Waals surface area (Å²) in [4.78, 5) is 0. The van der Waals surface area contributed by atoms with Crippen LogP contribution >= 0.6 is 23.2 Å². The van der Waals surface area contributed by atoms with E-state index in [9.17, 15) is 0 Å². The molecule has 2 heterocycles. The van der Waals surface area contributed by atoms with Crippen LogP contribution in [0.15, 0.2) is 18.2 Å². The van der Waals surface area contributed by atoms with Crippen molar-refractivity contribution in [2.45, 2.75) is 25.4 Å². The van der Waals surface area contributed by atoms with Gasteiger partial charge in [-0.25, -0.2) is 0 Å². The Balaban J connectivity index is 1.79. The van der Waals surface area contributed by atoms with Crippen LogP contribution in [0, 0.1) is 11.8 Å². The van der Waals surface area contributed by atoms with E-state index < -0.39 is 0 Å². The fourth-order valence-corrected chi connectivity index (χ4v) is 3.64. The minimum atomic E-state index is 0.180. The van der Waals surface area contributed by atoms with E-state index in [1.165, 1.54) is 0 Å². The van der Waals surface area contributed by atoms with E-state index in [4.69, 9.17) is 32.7 Å². The fraction of sp³-hybridized carbons (Fsp3) is 0.625. The minimum absolute atomic E-state index is 0.180. The van der Waals surface area contributed by atoms with Crippen molar-refractivity contribution in [3.8, 4) is 5.75 Å². The molecular weight excluding hydrogens is 309 g/mol. The molecule has 0 radical (unpaired) electrons. The van der Waals surface area contributed by atoms with Gasteiger partial charge in [0.15, 0.2) is 0 Å². The summed E-state index contributed by atoms with van der Waals surface area (Å²) in [7, 11) is 0. The van der Waals surface area contributed by atoms with E-state index in [-0.39, 0.29) is 6.10 Å². The normalized spacial score (nSPS) is 25.0. The molecule has 21 heavy (non-hydrogen) atoms. The molecule has 2 atom stereocenters. The van der Waals surface area contributed by atoms with Gasteiger partial charge in [0.05, 0.1) is 5.02 Å². The topological polar surface area (TPSA) is 30.5 Å². The van der Waals surface area contributed by atoms with Gasteiger partial charge >= 0.3 is 0 Å². The molecule has 2 unspecified atom stereocenters.